The zero-order valence-corrected chi connectivity index (χ0v) is 19.5. The summed E-state index contributed by atoms with van der Waals surface area (Å²) in [5.74, 6) is 0.757. The van der Waals surface area contributed by atoms with Crippen molar-refractivity contribution >= 4 is 40.1 Å². The molecule has 1 fully saturated rings. The van der Waals surface area contributed by atoms with Gasteiger partial charge < -0.3 is 15.0 Å². The van der Waals surface area contributed by atoms with Crippen LogP contribution in [-0.2, 0) is 9.53 Å². The Hall–Kier alpha value is -2.02. The molecule has 1 unspecified atom stereocenters. The summed E-state index contributed by atoms with van der Waals surface area (Å²) in [7, 11) is 0. The number of amidine groups is 1. The second kappa shape index (κ2) is 9.63. The number of hydrogen-bond acceptors (Lipinski definition) is 5. The molecule has 2 aliphatic heterocycles. The molecule has 2 aromatic carbocycles. The monoisotopic (exact) mass is 457 g/mol. The normalized spacial score (nSPS) is 17.9. The molecule has 2 heterocycles. The van der Waals surface area contributed by atoms with E-state index in [1.807, 2.05) is 38.1 Å². The zero-order chi connectivity index (χ0) is 21.8. The van der Waals surface area contributed by atoms with Crippen LogP contribution in [0.15, 0.2) is 53.5 Å². The van der Waals surface area contributed by atoms with E-state index < -0.39 is 5.41 Å². The van der Waals surface area contributed by atoms with Crippen molar-refractivity contribution in [3.05, 3.63) is 64.7 Å². The van der Waals surface area contributed by atoms with Crippen molar-refractivity contribution in [3.63, 3.8) is 0 Å². The van der Waals surface area contributed by atoms with Gasteiger partial charge in [0, 0.05) is 35.5 Å². The zero-order valence-electron chi connectivity index (χ0n) is 17.9. The number of rotatable bonds is 5. The van der Waals surface area contributed by atoms with Crippen molar-refractivity contribution in [2.75, 3.05) is 43.5 Å². The Morgan fingerprint density at radius 1 is 1.10 bits per heavy atom. The maximum atomic E-state index is 13.3. The number of hydrogen-bond donors (Lipinski definition) is 1. The van der Waals surface area contributed by atoms with Gasteiger partial charge in [-0.2, -0.15) is 0 Å². The molecule has 1 saturated heterocycles. The molecule has 1 atom stereocenters. The lowest BCUT2D eigenvalue weighted by molar-refractivity contribution is -0.128. The maximum Gasteiger partial charge on any atom is 0.232 e. The molecular formula is C24H28ClN3O2S. The van der Waals surface area contributed by atoms with E-state index in [0.717, 1.165) is 54.9 Å². The number of halogens is 1. The number of carbonyl (C=O) groups excluding carboxylic acids is 1. The topological polar surface area (TPSA) is 53.9 Å². The highest BCUT2D eigenvalue weighted by Gasteiger charge is 2.39. The molecule has 0 spiro atoms. The molecule has 0 bridgehead atoms. The highest BCUT2D eigenvalue weighted by molar-refractivity contribution is 8.14. The third-order valence-corrected chi connectivity index (χ3v) is 7.06. The SMILES string of the molecule is CC(C)(C(=O)NC1=NCCS1)C(c1ccc(Cl)cc1)c1ccc(N2CCOCC2)cc1. The Labute approximate surface area is 193 Å². The Morgan fingerprint density at radius 3 is 2.29 bits per heavy atom. The molecule has 164 valence electrons. The third-order valence-electron chi connectivity index (χ3n) is 5.92. The van der Waals surface area contributed by atoms with Gasteiger partial charge >= 0.3 is 0 Å². The van der Waals surface area contributed by atoms with Gasteiger partial charge in [0.1, 0.15) is 0 Å². The van der Waals surface area contributed by atoms with Crippen LogP contribution in [-0.4, -0.2) is 49.7 Å². The Morgan fingerprint density at radius 2 is 1.71 bits per heavy atom. The summed E-state index contributed by atoms with van der Waals surface area (Å²) >= 11 is 7.74. The van der Waals surface area contributed by atoms with Crippen LogP contribution >= 0.6 is 23.4 Å². The fourth-order valence-electron chi connectivity index (χ4n) is 4.18. The molecule has 2 aliphatic rings. The van der Waals surface area contributed by atoms with Crippen LogP contribution in [0.3, 0.4) is 0 Å². The molecule has 7 heteroatoms. The first kappa shape index (κ1) is 22.2. The fourth-order valence-corrected chi connectivity index (χ4v) is 5.03. The first-order valence-electron chi connectivity index (χ1n) is 10.6. The van der Waals surface area contributed by atoms with Crippen LogP contribution in [0.5, 0.6) is 0 Å². The van der Waals surface area contributed by atoms with E-state index in [9.17, 15) is 4.79 Å². The molecule has 0 radical (unpaired) electrons. The second-order valence-electron chi connectivity index (χ2n) is 8.39. The predicted octanol–water partition coefficient (Wildman–Crippen LogP) is 4.55. The number of carbonyl (C=O) groups is 1. The van der Waals surface area contributed by atoms with Gasteiger partial charge in [0.25, 0.3) is 0 Å². The van der Waals surface area contributed by atoms with Crippen molar-refractivity contribution in [1.82, 2.24) is 5.32 Å². The molecule has 1 N–H and O–H groups in total. The molecule has 4 rings (SSSR count). The highest BCUT2D eigenvalue weighted by atomic mass is 35.5. The number of benzene rings is 2. The summed E-state index contributed by atoms with van der Waals surface area (Å²) in [5, 5.41) is 4.44. The molecule has 5 nitrogen and oxygen atoms in total. The van der Waals surface area contributed by atoms with Gasteiger partial charge in [-0.3, -0.25) is 9.79 Å². The molecule has 1 amide bonds. The van der Waals surface area contributed by atoms with E-state index in [-0.39, 0.29) is 11.8 Å². The van der Waals surface area contributed by atoms with E-state index in [1.54, 1.807) is 11.8 Å². The van der Waals surface area contributed by atoms with Gasteiger partial charge in [-0.15, -0.1) is 0 Å². The largest absolute Gasteiger partial charge is 0.378 e. The molecule has 2 aromatic rings. The van der Waals surface area contributed by atoms with Crippen LogP contribution in [0.4, 0.5) is 5.69 Å². The van der Waals surface area contributed by atoms with Crippen molar-refractivity contribution in [2.45, 2.75) is 19.8 Å². The standard InChI is InChI=1S/C24H28ClN3O2S/c1-24(2,22(29)27-23-26-11-16-31-23)21(17-3-7-19(25)8-4-17)18-5-9-20(10-6-18)28-12-14-30-15-13-28/h3-10,21H,11-16H2,1-2H3,(H,26,27,29). The van der Waals surface area contributed by atoms with Crippen molar-refractivity contribution in [1.29, 1.82) is 0 Å². The van der Waals surface area contributed by atoms with E-state index in [2.05, 4.69) is 39.5 Å². The lowest BCUT2D eigenvalue weighted by atomic mass is 9.70. The smallest absolute Gasteiger partial charge is 0.232 e. The molecule has 31 heavy (non-hydrogen) atoms. The van der Waals surface area contributed by atoms with Gasteiger partial charge in [0.15, 0.2) is 5.17 Å². The molecule has 0 aliphatic carbocycles. The Kier molecular flexibility index (Phi) is 6.89. The maximum absolute atomic E-state index is 13.3. The lowest BCUT2D eigenvalue weighted by Gasteiger charge is -2.34. The van der Waals surface area contributed by atoms with Gasteiger partial charge in [-0.1, -0.05) is 61.5 Å². The average molecular weight is 458 g/mol. The first-order valence-corrected chi connectivity index (χ1v) is 12.0. The van der Waals surface area contributed by atoms with Crippen LogP contribution < -0.4 is 10.2 Å². The van der Waals surface area contributed by atoms with Crippen molar-refractivity contribution in [3.8, 4) is 0 Å². The second-order valence-corrected chi connectivity index (χ2v) is 9.91. The first-order chi connectivity index (χ1) is 14.9. The summed E-state index contributed by atoms with van der Waals surface area (Å²) < 4.78 is 5.47. The number of ether oxygens (including phenoxy) is 1. The van der Waals surface area contributed by atoms with Gasteiger partial charge in [0.05, 0.1) is 25.2 Å². The van der Waals surface area contributed by atoms with Gasteiger partial charge in [0.2, 0.25) is 5.91 Å². The average Bonchev–Trinajstić information content (AvgIpc) is 3.29. The number of thioether (sulfide) groups is 1. The minimum absolute atomic E-state index is 0.0298. The quantitative estimate of drug-likeness (QED) is 0.715. The predicted molar refractivity (Wildman–Crippen MR) is 129 cm³/mol. The summed E-state index contributed by atoms with van der Waals surface area (Å²) in [6.45, 7) is 8.05. The lowest BCUT2D eigenvalue weighted by Crippen LogP contribution is -2.43. The van der Waals surface area contributed by atoms with Crippen LogP contribution in [0.2, 0.25) is 5.02 Å². The molecule has 0 aromatic heterocycles. The molecule has 0 saturated carbocycles. The number of morpholine rings is 1. The number of nitrogens with one attached hydrogen (secondary N) is 1. The van der Waals surface area contributed by atoms with E-state index in [4.69, 9.17) is 16.3 Å². The summed E-state index contributed by atoms with van der Waals surface area (Å²) in [6.07, 6.45) is 0. The van der Waals surface area contributed by atoms with Crippen molar-refractivity contribution < 1.29 is 9.53 Å². The minimum atomic E-state index is -0.694. The highest BCUT2D eigenvalue weighted by Crippen LogP contribution is 2.42. The number of amides is 1. The summed E-state index contributed by atoms with van der Waals surface area (Å²) in [5.41, 5.74) is 2.64. The number of anilines is 1. The summed E-state index contributed by atoms with van der Waals surface area (Å²) in [4.78, 5) is 20.1. The van der Waals surface area contributed by atoms with Crippen molar-refractivity contribution in [2.24, 2.45) is 10.4 Å². The number of aliphatic imine (C=N–C) groups is 1. The van der Waals surface area contributed by atoms with E-state index >= 15 is 0 Å². The van der Waals surface area contributed by atoms with E-state index in [1.165, 1.54) is 5.69 Å². The fraction of sp³-hybridized carbons (Fsp3) is 0.417. The number of nitrogens with zero attached hydrogens (tertiary/aromatic N) is 2. The Balaban J connectivity index is 1.65. The summed E-state index contributed by atoms with van der Waals surface area (Å²) in [6, 6.07) is 16.4. The van der Waals surface area contributed by atoms with E-state index in [0.29, 0.717) is 5.02 Å². The third kappa shape index (κ3) is 5.08. The Bertz CT molecular complexity index is 938. The minimum Gasteiger partial charge on any atom is -0.378 e. The van der Waals surface area contributed by atoms with Crippen LogP contribution in [0.1, 0.15) is 30.9 Å². The van der Waals surface area contributed by atoms with Crippen LogP contribution in [0.25, 0.3) is 0 Å². The van der Waals surface area contributed by atoms with Gasteiger partial charge in [-0.25, -0.2) is 0 Å². The van der Waals surface area contributed by atoms with Gasteiger partial charge in [-0.05, 0) is 35.4 Å². The van der Waals surface area contributed by atoms with Crippen LogP contribution in [0, 0.1) is 5.41 Å². The molecular weight excluding hydrogens is 430 g/mol.